The number of carbonyl (C=O) groups is 1. The van der Waals surface area contributed by atoms with Crippen LogP contribution in [0.15, 0.2) is 29.3 Å². The lowest BCUT2D eigenvalue weighted by molar-refractivity contribution is -0.117. The number of phenolic OH excluding ortho intramolecular Hbond substituents is 1. The topological polar surface area (TPSA) is 40.5 Å². The number of nitrogens with zero attached hydrogens (tertiary/aromatic N) is 1. The number of amides is 1. The first kappa shape index (κ1) is 12.5. The summed E-state index contributed by atoms with van der Waals surface area (Å²) in [6.07, 6.45) is 2.18. The summed E-state index contributed by atoms with van der Waals surface area (Å²) in [5.41, 5.74) is 0.443. The van der Waals surface area contributed by atoms with Gasteiger partial charge in [0.2, 0.25) is 5.91 Å². The van der Waals surface area contributed by atoms with Gasteiger partial charge in [0.05, 0.1) is 10.2 Å². The van der Waals surface area contributed by atoms with Gasteiger partial charge < -0.3 is 10.0 Å². The quantitative estimate of drug-likeness (QED) is 0.850. The zero-order valence-electron chi connectivity index (χ0n) is 8.99. The number of hydrogen-bond acceptors (Lipinski definition) is 2. The second kappa shape index (κ2) is 4.70. The first-order valence-electron chi connectivity index (χ1n) is 5.14. The highest BCUT2D eigenvalue weighted by atomic mass is 79.9. The van der Waals surface area contributed by atoms with Gasteiger partial charge in [0.25, 0.3) is 0 Å². The fourth-order valence-electron chi connectivity index (χ4n) is 1.88. The molecular formula is C12H11BrClNO2. The summed E-state index contributed by atoms with van der Waals surface area (Å²) < 4.78 is 0.481. The molecule has 1 aliphatic rings. The van der Waals surface area contributed by atoms with Crippen LogP contribution in [0, 0.1) is 5.92 Å². The highest BCUT2D eigenvalue weighted by Crippen LogP contribution is 2.40. The van der Waals surface area contributed by atoms with Gasteiger partial charge in [0.1, 0.15) is 0 Å². The van der Waals surface area contributed by atoms with Crippen molar-refractivity contribution in [2.45, 2.75) is 6.42 Å². The summed E-state index contributed by atoms with van der Waals surface area (Å²) in [5.74, 6) is 0.131. The van der Waals surface area contributed by atoms with E-state index in [2.05, 4.69) is 22.5 Å². The van der Waals surface area contributed by atoms with Crippen LogP contribution in [0.5, 0.6) is 5.75 Å². The molecule has 1 atom stereocenters. The van der Waals surface area contributed by atoms with Crippen LogP contribution in [0.25, 0.3) is 0 Å². The van der Waals surface area contributed by atoms with Crippen LogP contribution in [0.4, 0.5) is 5.69 Å². The molecule has 1 aromatic rings. The van der Waals surface area contributed by atoms with E-state index in [4.69, 9.17) is 11.6 Å². The van der Waals surface area contributed by atoms with Crippen molar-refractivity contribution in [3.8, 4) is 5.75 Å². The van der Waals surface area contributed by atoms with Gasteiger partial charge in [-0.1, -0.05) is 17.7 Å². The maximum atomic E-state index is 11.8. The van der Waals surface area contributed by atoms with E-state index < -0.39 is 0 Å². The fourth-order valence-corrected chi connectivity index (χ4v) is 2.68. The van der Waals surface area contributed by atoms with Crippen LogP contribution in [0.1, 0.15) is 6.42 Å². The van der Waals surface area contributed by atoms with Gasteiger partial charge in [0, 0.05) is 23.9 Å². The lowest BCUT2D eigenvalue weighted by Crippen LogP contribution is -2.24. The van der Waals surface area contributed by atoms with E-state index in [1.165, 1.54) is 0 Å². The monoisotopic (exact) mass is 315 g/mol. The molecule has 1 aromatic carbocycles. The fraction of sp³-hybridized carbons (Fsp3) is 0.250. The zero-order valence-corrected chi connectivity index (χ0v) is 11.3. The molecule has 1 aliphatic heterocycles. The maximum absolute atomic E-state index is 11.8. The Hall–Kier alpha value is -1.00. The van der Waals surface area contributed by atoms with Crippen molar-refractivity contribution in [1.29, 1.82) is 0 Å². The van der Waals surface area contributed by atoms with E-state index in [1.54, 1.807) is 23.1 Å². The number of halogens is 2. The second-order valence-electron chi connectivity index (χ2n) is 3.96. The SMILES string of the molecule is C=CC1CC(=O)N(c2cc(Cl)cc(Br)c2O)C1. The Kier molecular flexibility index (Phi) is 3.45. The molecule has 5 heteroatoms. The van der Waals surface area contributed by atoms with Crippen LogP contribution in [0.3, 0.4) is 0 Å². The summed E-state index contributed by atoms with van der Waals surface area (Å²) in [7, 11) is 0. The smallest absolute Gasteiger partial charge is 0.227 e. The Morgan fingerprint density at radius 3 is 2.88 bits per heavy atom. The van der Waals surface area contributed by atoms with Gasteiger partial charge in [-0.15, -0.1) is 6.58 Å². The lowest BCUT2D eigenvalue weighted by atomic mass is 10.1. The summed E-state index contributed by atoms with van der Waals surface area (Å²) in [6, 6.07) is 3.18. The van der Waals surface area contributed by atoms with E-state index in [1.807, 2.05) is 0 Å². The summed E-state index contributed by atoms with van der Waals surface area (Å²) in [6.45, 7) is 4.22. The van der Waals surface area contributed by atoms with Crippen LogP contribution >= 0.6 is 27.5 Å². The Balaban J connectivity index is 2.41. The van der Waals surface area contributed by atoms with Crippen LogP contribution in [-0.2, 0) is 4.79 Å². The van der Waals surface area contributed by atoms with E-state index in [9.17, 15) is 9.90 Å². The summed E-state index contributed by atoms with van der Waals surface area (Å²) in [4.78, 5) is 13.4. The molecule has 0 spiro atoms. The molecule has 1 fully saturated rings. The molecule has 0 saturated carbocycles. The predicted molar refractivity (Wildman–Crippen MR) is 71.5 cm³/mol. The minimum atomic E-state index is -0.0284. The Morgan fingerprint density at radius 1 is 1.59 bits per heavy atom. The molecule has 2 rings (SSSR count). The third kappa shape index (κ3) is 2.33. The van der Waals surface area contributed by atoms with Crippen molar-refractivity contribution < 1.29 is 9.90 Å². The van der Waals surface area contributed by atoms with Gasteiger partial charge in [-0.2, -0.15) is 0 Å². The molecule has 17 heavy (non-hydrogen) atoms. The number of rotatable bonds is 2. The minimum absolute atomic E-state index is 0.0284. The minimum Gasteiger partial charge on any atom is -0.505 e. The largest absolute Gasteiger partial charge is 0.505 e. The molecule has 90 valence electrons. The summed E-state index contributed by atoms with van der Waals surface area (Å²) in [5, 5.41) is 10.4. The molecule has 1 N–H and O–H groups in total. The molecule has 0 bridgehead atoms. The van der Waals surface area contributed by atoms with Crippen molar-refractivity contribution in [1.82, 2.24) is 0 Å². The zero-order chi connectivity index (χ0) is 12.6. The molecule has 1 saturated heterocycles. The van der Waals surface area contributed by atoms with Crippen molar-refractivity contribution in [3.63, 3.8) is 0 Å². The first-order chi connectivity index (χ1) is 8.02. The first-order valence-corrected chi connectivity index (χ1v) is 6.31. The number of aromatic hydroxyl groups is 1. The molecular weight excluding hydrogens is 305 g/mol. The molecule has 3 nitrogen and oxygen atoms in total. The highest BCUT2D eigenvalue weighted by Gasteiger charge is 2.30. The van der Waals surface area contributed by atoms with Gasteiger partial charge in [-0.05, 0) is 28.1 Å². The normalized spacial score (nSPS) is 19.8. The molecule has 1 heterocycles. The van der Waals surface area contributed by atoms with Crippen LogP contribution in [0.2, 0.25) is 5.02 Å². The Bertz CT molecular complexity index is 490. The number of phenols is 1. The Labute approximate surface area is 113 Å². The highest BCUT2D eigenvalue weighted by molar-refractivity contribution is 9.10. The number of benzene rings is 1. The molecule has 0 aliphatic carbocycles. The summed E-state index contributed by atoms with van der Waals surface area (Å²) >= 11 is 9.12. The van der Waals surface area contributed by atoms with Crippen molar-refractivity contribution in [2.24, 2.45) is 5.92 Å². The van der Waals surface area contributed by atoms with Gasteiger partial charge in [-0.25, -0.2) is 0 Å². The third-order valence-corrected chi connectivity index (χ3v) is 3.61. The van der Waals surface area contributed by atoms with E-state index >= 15 is 0 Å². The van der Waals surface area contributed by atoms with Crippen molar-refractivity contribution in [3.05, 3.63) is 34.3 Å². The maximum Gasteiger partial charge on any atom is 0.227 e. The molecule has 0 aromatic heterocycles. The Morgan fingerprint density at radius 2 is 2.29 bits per heavy atom. The predicted octanol–water partition coefficient (Wildman–Crippen LogP) is 3.35. The lowest BCUT2D eigenvalue weighted by Gasteiger charge is -2.18. The average Bonchev–Trinajstić information content (AvgIpc) is 2.65. The number of anilines is 1. The third-order valence-electron chi connectivity index (χ3n) is 2.79. The number of hydrogen-bond donors (Lipinski definition) is 1. The molecule has 0 radical (unpaired) electrons. The van der Waals surface area contributed by atoms with Gasteiger partial charge in [0.15, 0.2) is 5.75 Å². The van der Waals surface area contributed by atoms with Crippen LogP contribution < -0.4 is 4.90 Å². The van der Waals surface area contributed by atoms with E-state index in [0.717, 1.165) is 0 Å². The van der Waals surface area contributed by atoms with E-state index in [-0.39, 0.29) is 17.6 Å². The van der Waals surface area contributed by atoms with Gasteiger partial charge in [-0.3, -0.25) is 4.79 Å². The number of carbonyl (C=O) groups excluding carboxylic acids is 1. The van der Waals surface area contributed by atoms with Crippen LogP contribution in [-0.4, -0.2) is 17.6 Å². The average molecular weight is 317 g/mol. The second-order valence-corrected chi connectivity index (χ2v) is 5.25. The van der Waals surface area contributed by atoms with Gasteiger partial charge >= 0.3 is 0 Å². The molecule has 1 amide bonds. The van der Waals surface area contributed by atoms with Crippen molar-refractivity contribution >= 4 is 39.1 Å². The standard InChI is InChI=1S/C12H11BrClNO2/c1-2-7-3-11(16)15(6-7)10-5-8(14)4-9(13)12(10)17/h2,4-5,7,17H,1,3,6H2. The molecule has 1 unspecified atom stereocenters. The van der Waals surface area contributed by atoms with E-state index in [0.29, 0.717) is 28.1 Å². The van der Waals surface area contributed by atoms with Crippen molar-refractivity contribution in [2.75, 3.05) is 11.4 Å².